The molecule has 0 aliphatic carbocycles. The summed E-state index contributed by atoms with van der Waals surface area (Å²) in [7, 11) is 0. The fourth-order valence-electron chi connectivity index (χ4n) is 0.972. The standard InChI is InChI=1S/C9H10Br.Fe/c1-8-3-2-4-9(7-8)5-6-10;/h2-4,7H,1,5-6H2;. The van der Waals surface area contributed by atoms with Crippen LogP contribution < -0.4 is 0 Å². The van der Waals surface area contributed by atoms with Crippen LogP contribution in [-0.2, 0) is 27.8 Å². The number of benzene rings is 1. The Labute approximate surface area is 84.3 Å². The van der Waals surface area contributed by atoms with Crippen LogP contribution in [0, 0.1) is 0 Å². The SMILES string of the molecule is [Fe][CH2]c1cccc(CCBr)c1. The summed E-state index contributed by atoms with van der Waals surface area (Å²) in [4.78, 5) is 0. The molecule has 0 spiro atoms. The van der Waals surface area contributed by atoms with Crippen molar-refractivity contribution in [3.05, 3.63) is 35.4 Å². The maximum atomic E-state index is 3.85. The van der Waals surface area contributed by atoms with Gasteiger partial charge in [-0.1, -0.05) is 0 Å². The second kappa shape index (κ2) is 4.97. The predicted octanol–water partition coefficient (Wildman–Crippen LogP) is 2.67. The summed E-state index contributed by atoms with van der Waals surface area (Å²) in [6.07, 6.45) is 1.10. The number of halogens is 1. The van der Waals surface area contributed by atoms with Gasteiger partial charge in [-0.15, -0.1) is 0 Å². The summed E-state index contributed by atoms with van der Waals surface area (Å²) in [6.45, 7) is 0. The third kappa shape index (κ3) is 2.98. The summed E-state index contributed by atoms with van der Waals surface area (Å²) >= 11 is 7.26. The quantitative estimate of drug-likeness (QED) is 0.574. The number of aryl methyl sites for hydroxylation is 1. The van der Waals surface area contributed by atoms with Gasteiger partial charge in [-0.3, -0.25) is 0 Å². The normalized spacial score (nSPS) is 10.0. The van der Waals surface area contributed by atoms with Crippen molar-refractivity contribution in [2.24, 2.45) is 0 Å². The predicted molar refractivity (Wildman–Crippen MR) is 47.6 cm³/mol. The topological polar surface area (TPSA) is 0 Å². The maximum absolute atomic E-state index is 3.85. The van der Waals surface area contributed by atoms with Crippen molar-refractivity contribution < 1.29 is 16.0 Å². The van der Waals surface area contributed by atoms with Crippen LogP contribution in [0.25, 0.3) is 0 Å². The Kier molecular flexibility index (Phi) is 4.21. The van der Waals surface area contributed by atoms with Crippen molar-refractivity contribution in [3.8, 4) is 0 Å². The van der Waals surface area contributed by atoms with Gasteiger partial charge in [0.25, 0.3) is 0 Å². The molecule has 0 saturated heterocycles. The molecule has 0 aliphatic rings. The molecule has 0 aromatic heterocycles. The van der Waals surface area contributed by atoms with E-state index in [0.29, 0.717) is 0 Å². The van der Waals surface area contributed by atoms with Crippen LogP contribution in [0.5, 0.6) is 0 Å². The minimum atomic E-state index is 0.885. The van der Waals surface area contributed by atoms with E-state index in [0.717, 1.165) is 17.1 Å². The van der Waals surface area contributed by atoms with E-state index in [2.05, 4.69) is 56.2 Å². The van der Waals surface area contributed by atoms with Gasteiger partial charge in [0.15, 0.2) is 0 Å². The molecule has 0 fully saturated rings. The van der Waals surface area contributed by atoms with Gasteiger partial charge >= 0.3 is 84.4 Å². The van der Waals surface area contributed by atoms with E-state index in [1.54, 1.807) is 0 Å². The van der Waals surface area contributed by atoms with Gasteiger partial charge in [-0.05, 0) is 0 Å². The Morgan fingerprint density at radius 2 is 2.00 bits per heavy atom. The monoisotopic (exact) mass is 253 g/mol. The molecule has 0 N–H and O–H groups in total. The molecule has 0 bridgehead atoms. The van der Waals surface area contributed by atoms with Gasteiger partial charge in [0.2, 0.25) is 0 Å². The van der Waals surface area contributed by atoms with Crippen molar-refractivity contribution >= 4 is 15.9 Å². The average Bonchev–Trinajstić information content (AvgIpc) is 2.06. The van der Waals surface area contributed by atoms with Crippen LogP contribution in [0.1, 0.15) is 11.1 Å². The summed E-state index contributed by atoms with van der Waals surface area (Å²) in [6, 6.07) is 8.58. The Bertz CT molecular complexity index is 223. The number of hydrogen-bond acceptors (Lipinski definition) is 0. The van der Waals surface area contributed by atoms with E-state index >= 15 is 0 Å². The van der Waals surface area contributed by atoms with Gasteiger partial charge < -0.3 is 0 Å². The van der Waals surface area contributed by atoms with Crippen LogP contribution in [-0.4, -0.2) is 5.33 Å². The molecule has 0 saturated carbocycles. The van der Waals surface area contributed by atoms with Crippen molar-refractivity contribution in [3.63, 3.8) is 0 Å². The molecule has 2 heteroatoms. The van der Waals surface area contributed by atoms with Crippen LogP contribution in [0.15, 0.2) is 24.3 Å². The fraction of sp³-hybridized carbons (Fsp3) is 0.333. The summed E-state index contributed by atoms with van der Waals surface area (Å²) in [5.74, 6) is 0. The number of hydrogen-bond donors (Lipinski definition) is 0. The molecule has 1 aromatic carbocycles. The molecular weight excluding hydrogens is 244 g/mol. The van der Waals surface area contributed by atoms with E-state index in [-0.39, 0.29) is 0 Å². The number of rotatable bonds is 3. The zero-order chi connectivity index (χ0) is 8.10. The van der Waals surface area contributed by atoms with Gasteiger partial charge in [0.05, 0.1) is 0 Å². The second-order valence-electron chi connectivity index (χ2n) is 2.38. The van der Waals surface area contributed by atoms with Crippen molar-refractivity contribution in [2.45, 2.75) is 11.7 Å². The van der Waals surface area contributed by atoms with E-state index in [9.17, 15) is 0 Å². The van der Waals surface area contributed by atoms with E-state index < -0.39 is 0 Å². The molecular formula is C9H10BrFe. The molecule has 0 aliphatic heterocycles. The molecule has 0 heterocycles. The summed E-state index contributed by atoms with van der Waals surface area (Å²) < 4.78 is 0. The van der Waals surface area contributed by atoms with Crippen LogP contribution in [0.4, 0.5) is 0 Å². The zero-order valence-corrected chi connectivity index (χ0v) is 8.85. The molecule has 1 rings (SSSR count). The van der Waals surface area contributed by atoms with Crippen molar-refractivity contribution in [1.82, 2.24) is 0 Å². The van der Waals surface area contributed by atoms with Gasteiger partial charge in [0.1, 0.15) is 0 Å². The molecule has 1 aromatic rings. The molecule has 11 heavy (non-hydrogen) atoms. The fourth-order valence-corrected chi connectivity index (χ4v) is 1.67. The first-order valence-corrected chi connectivity index (χ1v) is 5.45. The van der Waals surface area contributed by atoms with Crippen molar-refractivity contribution in [1.29, 1.82) is 0 Å². The van der Waals surface area contributed by atoms with Gasteiger partial charge in [-0.25, -0.2) is 0 Å². The molecule has 0 atom stereocenters. The zero-order valence-electron chi connectivity index (χ0n) is 6.16. The van der Waals surface area contributed by atoms with E-state index in [1.807, 2.05) is 0 Å². The molecule has 0 amide bonds. The van der Waals surface area contributed by atoms with E-state index in [1.165, 1.54) is 11.1 Å². The molecule has 0 nitrogen and oxygen atoms in total. The summed E-state index contributed by atoms with van der Waals surface area (Å²) in [5.41, 5.74) is 2.71. The third-order valence-electron chi connectivity index (χ3n) is 1.52. The molecule has 0 radical (unpaired) electrons. The Morgan fingerprint density at radius 1 is 1.27 bits per heavy atom. The number of alkyl halides is 1. The molecule has 61 valence electrons. The summed E-state index contributed by atoms with van der Waals surface area (Å²) in [5, 5.41) is 1.92. The van der Waals surface area contributed by atoms with Crippen LogP contribution in [0.2, 0.25) is 0 Å². The first kappa shape index (κ1) is 9.31. The minimum absolute atomic E-state index is 0.885. The first-order valence-electron chi connectivity index (χ1n) is 3.55. The van der Waals surface area contributed by atoms with Crippen LogP contribution >= 0.6 is 15.9 Å². The third-order valence-corrected chi connectivity index (χ3v) is 2.37. The van der Waals surface area contributed by atoms with Crippen LogP contribution in [0.3, 0.4) is 0 Å². The Morgan fingerprint density at radius 3 is 2.64 bits per heavy atom. The Hall–Kier alpha value is 0.219. The molecule has 0 unspecified atom stereocenters. The van der Waals surface area contributed by atoms with Gasteiger partial charge in [-0.2, -0.15) is 0 Å². The van der Waals surface area contributed by atoms with E-state index in [4.69, 9.17) is 0 Å². The average molecular weight is 254 g/mol. The second-order valence-corrected chi connectivity index (χ2v) is 3.57. The van der Waals surface area contributed by atoms with Gasteiger partial charge in [0, 0.05) is 0 Å². The Balaban J connectivity index is 2.74. The van der Waals surface area contributed by atoms with Crippen molar-refractivity contribution in [2.75, 3.05) is 5.33 Å². The first-order chi connectivity index (χ1) is 5.36.